The van der Waals surface area contributed by atoms with E-state index in [0.29, 0.717) is 6.04 Å². The fraction of sp³-hybridized carbons (Fsp3) is 1.00. The average molecular weight is 214 g/mol. The third-order valence-electron chi connectivity index (χ3n) is 3.03. The third kappa shape index (κ3) is 10.2. The normalized spacial score (nSPS) is 13.4. The minimum Gasteiger partial charge on any atom is -0.315 e. The van der Waals surface area contributed by atoms with Gasteiger partial charge in [-0.15, -0.1) is 0 Å². The summed E-state index contributed by atoms with van der Waals surface area (Å²) >= 11 is 0. The summed E-state index contributed by atoms with van der Waals surface area (Å²) < 4.78 is 0. The lowest BCUT2D eigenvalue weighted by molar-refractivity contribution is 0.302. The van der Waals surface area contributed by atoms with E-state index < -0.39 is 0 Å². The summed E-state index contributed by atoms with van der Waals surface area (Å²) in [6.07, 6.45) is 8.32. The van der Waals surface area contributed by atoms with E-state index in [0.717, 1.165) is 6.54 Å². The first-order valence-corrected chi connectivity index (χ1v) is 6.55. The Morgan fingerprint density at radius 1 is 1.00 bits per heavy atom. The zero-order chi connectivity index (χ0) is 11.5. The minimum absolute atomic E-state index is 0.644. The van der Waals surface area contributed by atoms with Gasteiger partial charge < -0.3 is 10.2 Å². The monoisotopic (exact) mass is 214 g/mol. The van der Waals surface area contributed by atoms with Crippen molar-refractivity contribution in [2.45, 2.75) is 58.4 Å². The maximum atomic E-state index is 3.52. The molecule has 1 atom stereocenters. The van der Waals surface area contributed by atoms with Crippen molar-refractivity contribution in [1.82, 2.24) is 10.2 Å². The van der Waals surface area contributed by atoms with Crippen LogP contribution in [0, 0.1) is 0 Å². The summed E-state index contributed by atoms with van der Waals surface area (Å²) in [7, 11) is 4.27. The molecule has 0 aromatic heterocycles. The second-order valence-corrected chi connectivity index (χ2v) is 4.78. The van der Waals surface area contributed by atoms with E-state index in [-0.39, 0.29) is 0 Å². The van der Waals surface area contributed by atoms with Gasteiger partial charge in [0.05, 0.1) is 0 Å². The van der Waals surface area contributed by atoms with Gasteiger partial charge >= 0.3 is 0 Å². The summed E-state index contributed by atoms with van der Waals surface area (Å²) in [4.78, 5) is 2.26. The van der Waals surface area contributed by atoms with E-state index in [9.17, 15) is 0 Å². The second kappa shape index (κ2) is 10.4. The van der Waals surface area contributed by atoms with Crippen molar-refractivity contribution < 1.29 is 0 Å². The molecule has 0 radical (unpaired) electrons. The molecule has 0 aliphatic carbocycles. The van der Waals surface area contributed by atoms with Crippen LogP contribution in [0.2, 0.25) is 0 Å². The van der Waals surface area contributed by atoms with Gasteiger partial charge in [-0.1, -0.05) is 39.0 Å². The van der Waals surface area contributed by atoms with Crippen molar-refractivity contribution in [3.8, 4) is 0 Å². The summed E-state index contributed by atoms with van der Waals surface area (Å²) in [5, 5.41) is 3.52. The smallest absolute Gasteiger partial charge is 0.0186 e. The van der Waals surface area contributed by atoms with E-state index >= 15 is 0 Å². The molecule has 0 aromatic carbocycles. The van der Waals surface area contributed by atoms with Crippen molar-refractivity contribution in [3.05, 3.63) is 0 Å². The van der Waals surface area contributed by atoms with Crippen LogP contribution in [0.5, 0.6) is 0 Å². The first kappa shape index (κ1) is 14.9. The molecule has 0 saturated carbocycles. The molecule has 0 bridgehead atoms. The molecule has 2 heteroatoms. The predicted octanol–water partition coefficient (Wildman–Crippen LogP) is 2.89. The van der Waals surface area contributed by atoms with Crippen LogP contribution in [0.15, 0.2) is 0 Å². The lowest BCUT2D eigenvalue weighted by Crippen LogP contribution is -2.35. The van der Waals surface area contributed by atoms with Crippen molar-refractivity contribution >= 4 is 0 Å². The third-order valence-corrected chi connectivity index (χ3v) is 3.03. The lowest BCUT2D eigenvalue weighted by Gasteiger charge is -2.19. The number of nitrogens with one attached hydrogen (secondary N) is 1. The zero-order valence-corrected chi connectivity index (χ0v) is 11.2. The number of hydrogen-bond acceptors (Lipinski definition) is 2. The molecule has 2 nitrogen and oxygen atoms in total. The Hall–Kier alpha value is -0.0800. The van der Waals surface area contributed by atoms with Gasteiger partial charge in [-0.05, 0) is 34.0 Å². The Labute approximate surface area is 96.4 Å². The topological polar surface area (TPSA) is 15.3 Å². The average Bonchev–Trinajstić information content (AvgIpc) is 2.21. The molecule has 0 amide bonds. The van der Waals surface area contributed by atoms with E-state index in [1.807, 2.05) is 0 Å². The maximum absolute atomic E-state index is 3.52. The summed E-state index contributed by atoms with van der Waals surface area (Å²) in [5.74, 6) is 0. The summed E-state index contributed by atoms with van der Waals surface area (Å²) in [6.45, 7) is 6.82. The van der Waals surface area contributed by atoms with Crippen molar-refractivity contribution in [3.63, 3.8) is 0 Å². The first-order chi connectivity index (χ1) is 7.18. The van der Waals surface area contributed by atoms with Crippen LogP contribution in [-0.2, 0) is 0 Å². The molecule has 0 aliphatic rings. The number of unbranched alkanes of at least 4 members (excludes halogenated alkanes) is 5. The highest BCUT2D eigenvalue weighted by Crippen LogP contribution is 2.04. The number of hydrogen-bond donors (Lipinski definition) is 1. The largest absolute Gasteiger partial charge is 0.315 e. The Morgan fingerprint density at radius 2 is 1.60 bits per heavy atom. The van der Waals surface area contributed by atoms with Crippen molar-refractivity contribution in [1.29, 1.82) is 0 Å². The second-order valence-electron chi connectivity index (χ2n) is 4.78. The van der Waals surface area contributed by atoms with Crippen LogP contribution in [0.1, 0.15) is 52.4 Å². The van der Waals surface area contributed by atoms with Crippen LogP contribution in [0.25, 0.3) is 0 Å². The molecule has 0 fully saturated rings. The van der Waals surface area contributed by atoms with E-state index in [2.05, 4.69) is 38.2 Å². The molecule has 0 rings (SSSR count). The van der Waals surface area contributed by atoms with Gasteiger partial charge in [-0.3, -0.25) is 0 Å². The Kier molecular flexibility index (Phi) is 10.4. The van der Waals surface area contributed by atoms with Gasteiger partial charge in [0.25, 0.3) is 0 Å². The van der Waals surface area contributed by atoms with E-state index in [1.165, 1.54) is 45.1 Å². The molecule has 1 unspecified atom stereocenters. The van der Waals surface area contributed by atoms with Crippen LogP contribution >= 0.6 is 0 Å². The SMILES string of the molecule is CCCCCCCCNCC(C)N(C)C. The van der Waals surface area contributed by atoms with Gasteiger partial charge in [0.1, 0.15) is 0 Å². The van der Waals surface area contributed by atoms with Crippen LogP contribution in [-0.4, -0.2) is 38.1 Å². The van der Waals surface area contributed by atoms with Gasteiger partial charge in [0.2, 0.25) is 0 Å². The fourth-order valence-electron chi connectivity index (χ4n) is 1.52. The molecular weight excluding hydrogens is 184 g/mol. The fourth-order valence-corrected chi connectivity index (χ4v) is 1.52. The van der Waals surface area contributed by atoms with E-state index in [1.54, 1.807) is 0 Å². The maximum Gasteiger partial charge on any atom is 0.0186 e. The van der Waals surface area contributed by atoms with Gasteiger partial charge in [-0.2, -0.15) is 0 Å². The summed E-state index contributed by atoms with van der Waals surface area (Å²) in [5.41, 5.74) is 0. The van der Waals surface area contributed by atoms with Crippen LogP contribution in [0.4, 0.5) is 0 Å². The highest BCUT2D eigenvalue weighted by Gasteiger charge is 2.02. The van der Waals surface area contributed by atoms with Crippen molar-refractivity contribution in [2.24, 2.45) is 0 Å². The van der Waals surface area contributed by atoms with Gasteiger partial charge in [0, 0.05) is 12.6 Å². The quantitative estimate of drug-likeness (QED) is 0.563. The number of nitrogens with zero attached hydrogens (tertiary/aromatic N) is 1. The minimum atomic E-state index is 0.644. The van der Waals surface area contributed by atoms with Crippen molar-refractivity contribution in [2.75, 3.05) is 27.2 Å². The molecule has 0 aliphatic heterocycles. The molecule has 1 N–H and O–H groups in total. The lowest BCUT2D eigenvalue weighted by atomic mass is 10.1. The molecule has 0 spiro atoms. The summed E-state index contributed by atoms with van der Waals surface area (Å²) in [6, 6.07) is 0.644. The number of likely N-dealkylation sites (N-methyl/N-ethyl adjacent to an activating group) is 1. The first-order valence-electron chi connectivity index (χ1n) is 6.55. The molecule has 15 heavy (non-hydrogen) atoms. The molecule has 0 aromatic rings. The molecule has 92 valence electrons. The van der Waals surface area contributed by atoms with Gasteiger partial charge in [-0.25, -0.2) is 0 Å². The Morgan fingerprint density at radius 3 is 2.20 bits per heavy atom. The zero-order valence-electron chi connectivity index (χ0n) is 11.2. The standard InChI is InChI=1S/C13H30N2/c1-5-6-7-8-9-10-11-14-12-13(2)15(3)4/h13-14H,5-12H2,1-4H3. The molecule has 0 saturated heterocycles. The highest BCUT2D eigenvalue weighted by molar-refractivity contribution is 4.62. The van der Waals surface area contributed by atoms with E-state index in [4.69, 9.17) is 0 Å². The van der Waals surface area contributed by atoms with Crippen LogP contribution in [0.3, 0.4) is 0 Å². The predicted molar refractivity (Wildman–Crippen MR) is 69.4 cm³/mol. The van der Waals surface area contributed by atoms with Crippen LogP contribution < -0.4 is 5.32 Å². The highest BCUT2D eigenvalue weighted by atomic mass is 15.1. The number of rotatable bonds is 10. The molecular formula is C13H30N2. The molecule has 0 heterocycles. The Bertz CT molecular complexity index is 124. The Balaban J connectivity index is 3.05. The van der Waals surface area contributed by atoms with Gasteiger partial charge in [0.15, 0.2) is 0 Å².